The molecule has 4 aromatic rings. The van der Waals surface area contributed by atoms with Crippen LogP contribution in [0.2, 0.25) is 0 Å². The molecular weight excluding hydrogens is 380 g/mol. The lowest BCUT2D eigenvalue weighted by Gasteiger charge is -2.23. The zero-order valence-electron chi connectivity index (χ0n) is 16.5. The molecule has 152 valence electrons. The van der Waals surface area contributed by atoms with Crippen LogP contribution in [-0.2, 0) is 11.3 Å². The summed E-state index contributed by atoms with van der Waals surface area (Å²) in [6.07, 6.45) is 5.21. The molecule has 7 nitrogen and oxygen atoms in total. The van der Waals surface area contributed by atoms with E-state index in [0.717, 1.165) is 41.9 Å². The fraction of sp³-hybridized carbons (Fsp3) is 0.261. The highest BCUT2D eigenvalue weighted by atomic mass is 16.5. The second-order valence-corrected chi connectivity index (χ2v) is 7.43. The maximum absolute atomic E-state index is 13.2. The molecule has 0 spiro atoms. The number of furan rings is 1. The van der Waals surface area contributed by atoms with E-state index in [1.165, 1.54) is 0 Å². The molecule has 1 amide bonds. The highest BCUT2D eigenvalue weighted by Gasteiger charge is 2.21. The molecule has 1 aromatic carbocycles. The molecule has 3 aromatic heterocycles. The molecule has 1 fully saturated rings. The van der Waals surface area contributed by atoms with E-state index in [0.29, 0.717) is 24.4 Å². The molecule has 1 aliphatic rings. The summed E-state index contributed by atoms with van der Waals surface area (Å²) in [5, 5.41) is 8.32. The molecule has 0 bridgehead atoms. The second-order valence-electron chi connectivity index (χ2n) is 7.43. The quantitative estimate of drug-likeness (QED) is 0.551. The van der Waals surface area contributed by atoms with Gasteiger partial charge in [-0.25, -0.2) is 9.67 Å². The van der Waals surface area contributed by atoms with Crippen LogP contribution in [-0.4, -0.2) is 39.9 Å². The summed E-state index contributed by atoms with van der Waals surface area (Å²) < 4.78 is 12.7. The van der Waals surface area contributed by atoms with Gasteiger partial charge < -0.3 is 14.5 Å². The highest BCUT2D eigenvalue weighted by molar-refractivity contribution is 6.06. The van der Waals surface area contributed by atoms with Gasteiger partial charge in [-0.05, 0) is 31.0 Å². The molecule has 4 heterocycles. The number of nitrogens with one attached hydrogen (secondary N) is 1. The Morgan fingerprint density at radius 2 is 2.10 bits per heavy atom. The molecule has 1 atom stereocenters. The van der Waals surface area contributed by atoms with Crippen molar-refractivity contribution in [3.05, 3.63) is 72.3 Å². The Kier molecular flexibility index (Phi) is 5.03. The molecule has 0 saturated carbocycles. The van der Waals surface area contributed by atoms with Crippen molar-refractivity contribution in [3.63, 3.8) is 0 Å². The third kappa shape index (κ3) is 3.71. The number of fused-ring (bicyclic) bond motifs is 1. The number of carbonyl (C=O) groups excluding carboxylic acids is 1. The van der Waals surface area contributed by atoms with Gasteiger partial charge in [0.2, 0.25) is 0 Å². The van der Waals surface area contributed by atoms with Gasteiger partial charge in [-0.2, -0.15) is 5.10 Å². The molecule has 7 heteroatoms. The average Bonchev–Trinajstić information content (AvgIpc) is 3.45. The summed E-state index contributed by atoms with van der Waals surface area (Å²) in [7, 11) is 0. The Morgan fingerprint density at radius 3 is 2.87 bits per heavy atom. The van der Waals surface area contributed by atoms with E-state index in [1.807, 2.05) is 48.5 Å². The maximum atomic E-state index is 13.2. The minimum Gasteiger partial charge on any atom is -0.467 e. The standard InChI is InChI=1S/C23H22N4O3/c28-23(25-17-8-4-10-29-15-17)19-12-21(16-6-2-1-3-7-16)26-22-20(19)13-24-27(22)14-18-9-5-11-30-18/h1-3,5-7,9,11-13,17H,4,8,10,14-15H2,(H,25,28). The van der Waals surface area contributed by atoms with Crippen molar-refractivity contribution in [3.8, 4) is 11.3 Å². The van der Waals surface area contributed by atoms with E-state index >= 15 is 0 Å². The van der Waals surface area contributed by atoms with Crippen molar-refractivity contribution in [1.82, 2.24) is 20.1 Å². The molecular formula is C23H22N4O3. The van der Waals surface area contributed by atoms with Crippen molar-refractivity contribution in [1.29, 1.82) is 0 Å². The smallest absolute Gasteiger partial charge is 0.252 e. The summed E-state index contributed by atoms with van der Waals surface area (Å²) in [6, 6.07) is 15.4. The third-order valence-electron chi connectivity index (χ3n) is 5.30. The minimum absolute atomic E-state index is 0.0211. The van der Waals surface area contributed by atoms with Gasteiger partial charge in [0.25, 0.3) is 5.91 Å². The summed E-state index contributed by atoms with van der Waals surface area (Å²) in [6.45, 7) is 1.74. The first-order valence-electron chi connectivity index (χ1n) is 10.1. The third-order valence-corrected chi connectivity index (χ3v) is 5.30. The fourth-order valence-corrected chi connectivity index (χ4v) is 3.78. The lowest BCUT2D eigenvalue weighted by Crippen LogP contribution is -2.40. The number of hydrogen-bond acceptors (Lipinski definition) is 5. The van der Waals surface area contributed by atoms with Crippen LogP contribution in [0.3, 0.4) is 0 Å². The lowest BCUT2D eigenvalue weighted by atomic mass is 10.1. The summed E-state index contributed by atoms with van der Waals surface area (Å²) >= 11 is 0. The predicted molar refractivity (Wildman–Crippen MR) is 112 cm³/mol. The van der Waals surface area contributed by atoms with Gasteiger partial charge in [0.1, 0.15) is 12.3 Å². The number of pyridine rings is 1. The Morgan fingerprint density at radius 1 is 1.20 bits per heavy atom. The number of carbonyl (C=O) groups is 1. The van der Waals surface area contributed by atoms with E-state index in [1.54, 1.807) is 17.1 Å². The topological polar surface area (TPSA) is 82.2 Å². The van der Waals surface area contributed by atoms with Gasteiger partial charge in [-0.3, -0.25) is 4.79 Å². The molecule has 0 radical (unpaired) electrons. The normalized spacial score (nSPS) is 16.6. The Balaban J connectivity index is 1.57. The molecule has 1 N–H and O–H groups in total. The molecule has 30 heavy (non-hydrogen) atoms. The van der Waals surface area contributed by atoms with Crippen LogP contribution in [0, 0.1) is 0 Å². The zero-order valence-corrected chi connectivity index (χ0v) is 16.5. The van der Waals surface area contributed by atoms with Gasteiger partial charge in [0.05, 0.1) is 41.8 Å². The minimum atomic E-state index is -0.132. The second kappa shape index (κ2) is 8.12. The number of hydrogen-bond donors (Lipinski definition) is 1. The van der Waals surface area contributed by atoms with Gasteiger partial charge in [0, 0.05) is 12.2 Å². The van der Waals surface area contributed by atoms with Crippen LogP contribution in [0.5, 0.6) is 0 Å². The van der Waals surface area contributed by atoms with Crippen LogP contribution in [0.25, 0.3) is 22.3 Å². The average molecular weight is 402 g/mol. The molecule has 1 saturated heterocycles. The van der Waals surface area contributed by atoms with Crippen LogP contribution >= 0.6 is 0 Å². The van der Waals surface area contributed by atoms with Gasteiger partial charge >= 0.3 is 0 Å². The van der Waals surface area contributed by atoms with E-state index in [-0.39, 0.29) is 11.9 Å². The Bertz CT molecular complexity index is 1150. The van der Waals surface area contributed by atoms with E-state index in [4.69, 9.17) is 14.1 Å². The van der Waals surface area contributed by atoms with Crippen LogP contribution in [0.1, 0.15) is 29.0 Å². The van der Waals surface area contributed by atoms with Crippen LogP contribution < -0.4 is 5.32 Å². The first-order chi connectivity index (χ1) is 14.8. The predicted octanol–water partition coefficient (Wildman–Crippen LogP) is 3.65. The van der Waals surface area contributed by atoms with Crippen molar-refractivity contribution >= 4 is 16.9 Å². The molecule has 1 unspecified atom stereocenters. The monoisotopic (exact) mass is 402 g/mol. The van der Waals surface area contributed by atoms with Crippen LogP contribution in [0.15, 0.2) is 65.4 Å². The van der Waals surface area contributed by atoms with Gasteiger partial charge in [-0.1, -0.05) is 30.3 Å². The molecule has 0 aliphatic carbocycles. The van der Waals surface area contributed by atoms with Crippen LogP contribution in [0.4, 0.5) is 0 Å². The van der Waals surface area contributed by atoms with Crippen molar-refractivity contribution in [2.45, 2.75) is 25.4 Å². The number of rotatable bonds is 5. The fourth-order valence-electron chi connectivity index (χ4n) is 3.78. The summed E-state index contributed by atoms with van der Waals surface area (Å²) in [5.41, 5.74) is 2.89. The SMILES string of the molecule is O=C(NC1CCCOC1)c1cc(-c2ccccc2)nc2c1cnn2Cc1ccco1. The van der Waals surface area contributed by atoms with E-state index < -0.39 is 0 Å². The molecule has 5 rings (SSSR count). The van der Waals surface area contributed by atoms with Gasteiger partial charge in [-0.15, -0.1) is 0 Å². The van der Waals surface area contributed by atoms with E-state index in [2.05, 4.69) is 10.4 Å². The number of aromatic nitrogens is 3. The van der Waals surface area contributed by atoms with Crippen molar-refractivity contribution in [2.75, 3.05) is 13.2 Å². The Labute approximate surface area is 173 Å². The van der Waals surface area contributed by atoms with Crippen molar-refractivity contribution < 1.29 is 13.9 Å². The number of nitrogens with zero attached hydrogens (tertiary/aromatic N) is 3. The number of benzene rings is 1. The summed E-state index contributed by atoms with van der Waals surface area (Å²) in [4.78, 5) is 18.0. The Hall–Kier alpha value is -3.45. The number of ether oxygens (including phenoxy) is 1. The maximum Gasteiger partial charge on any atom is 0.252 e. The van der Waals surface area contributed by atoms with Gasteiger partial charge in [0.15, 0.2) is 5.65 Å². The summed E-state index contributed by atoms with van der Waals surface area (Å²) in [5.74, 6) is 0.643. The molecule has 1 aliphatic heterocycles. The highest BCUT2D eigenvalue weighted by Crippen LogP contribution is 2.25. The zero-order chi connectivity index (χ0) is 20.3. The van der Waals surface area contributed by atoms with E-state index in [9.17, 15) is 4.79 Å². The largest absolute Gasteiger partial charge is 0.467 e. The first kappa shape index (κ1) is 18.6. The number of amides is 1. The lowest BCUT2D eigenvalue weighted by molar-refractivity contribution is 0.0625. The first-order valence-corrected chi connectivity index (χ1v) is 10.1. The van der Waals surface area contributed by atoms with Crippen molar-refractivity contribution in [2.24, 2.45) is 0 Å².